The molecule has 0 radical (unpaired) electrons. The summed E-state index contributed by atoms with van der Waals surface area (Å²) in [5.41, 5.74) is 0.510. The third-order valence-corrected chi connectivity index (χ3v) is 3.18. The van der Waals surface area contributed by atoms with E-state index >= 15 is 0 Å². The van der Waals surface area contributed by atoms with Crippen LogP contribution in [0.3, 0.4) is 0 Å². The van der Waals surface area contributed by atoms with Gasteiger partial charge in [0, 0.05) is 16.2 Å². The van der Waals surface area contributed by atoms with E-state index in [0.29, 0.717) is 5.56 Å². The number of carbonyl (C=O) groups is 2. The van der Waals surface area contributed by atoms with Gasteiger partial charge in [0.05, 0.1) is 5.56 Å². The quantitative estimate of drug-likeness (QED) is 0.798. The van der Waals surface area contributed by atoms with Gasteiger partial charge in [0.15, 0.2) is 0 Å². The van der Waals surface area contributed by atoms with Crippen LogP contribution in [0.4, 0.5) is 0 Å². The van der Waals surface area contributed by atoms with Gasteiger partial charge in [0.2, 0.25) is 0 Å². The summed E-state index contributed by atoms with van der Waals surface area (Å²) in [4.78, 5) is 24.5. The highest BCUT2D eigenvalue weighted by molar-refractivity contribution is 7.12. The van der Waals surface area contributed by atoms with E-state index in [-0.39, 0.29) is 6.42 Å². The smallest absolute Gasteiger partial charge is 0.327 e. The van der Waals surface area contributed by atoms with Gasteiger partial charge in [-0.1, -0.05) is 0 Å². The van der Waals surface area contributed by atoms with E-state index in [2.05, 4.69) is 11.2 Å². The van der Waals surface area contributed by atoms with Crippen molar-refractivity contribution in [1.29, 1.82) is 0 Å². The summed E-state index contributed by atoms with van der Waals surface area (Å²) >= 11 is 1.50. The summed E-state index contributed by atoms with van der Waals surface area (Å²) in [6.07, 6.45) is 5.03. The van der Waals surface area contributed by atoms with Gasteiger partial charge in [0.1, 0.15) is 6.04 Å². The molecule has 0 bridgehead atoms. The fraction of sp³-hybridized carbons (Fsp3) is 0.333. The van der Waals surface area contributed by atoms with Crippen LogP contribution in [0.25, 0.3) is 0 Å². The zero-order chi connectivity index (χ0) is 13.0. The lowest BCUT2D eigenvalue weighted by molar-refractivity contribution is -0.139. The Balaban J connectivity index is 2.81. The predicted octanol–water partition coefficient (Wildman–Crippen LogP) is 1.57. The Morgan fingerprint density at radius 2 is 2.24 bits per heavy atom. The first-order valence-electron chi connectivity index (χ1n) is 5.00. The first kappa shape index (κ1) is 13.3. The second-order valence-electron chi connectivity index (χ2n) is 3.60. The molecule has 1 rings (SSSR count). The van der Waals surface area contributed by atoms with Gasteiger partial charge < -0.3 is 10.4 Å². The van der Waals surface area contributed by atoms with Crippen LogP contribution >= 0.6 is 11.3 Å². The van der Waals surface area contributed by atoms with Crippen LogP contribution in [0.2, 0.25) is 0 Å². The number of carboxylic acids is 1. The molecule has 17 heavy (non-hydrogen) atoms. The monoisotopic (exact) mass is 251 g/mol. The molecule has 0 aromatic carbocycles. The minimum Gasteiger partial charge on any atom is -0.480 e. The first-order valence-corrected chi connectivity index (χ1v) is 5.81. The van der Waals surface area contributed by atoms with E-state index in [1.807, 2.05) is 13.8 Å². The van der Waals surface area contributed by atoms with Crippen LogP contribution in [0.1, 0.15) is 26.5 Å². The Hall–Kier alpha value is -1.80. The average Bonchev–Trinajstić information content (AvgIpc) is 2.57. The molecule has 0 saturated carbocycles. The number of carboxylic acid groups (broad SMARTS) is 1. The molecule has 0 saturated heterocycles. The summed E-state index contributed by atoms with van der Waals surface area (Å²) in [7, 11) is 0. The molecule has 1 unspecified atom stereocenters. The van der Waals surface area contributed by atoms with Crippen LogP contribution in [-0.2, 0) is 4.79 Å². The molecule has 1 aromatic heterocycles. The van der Waals surface area contributed by atoms with Gasteiger partial charge in [-0.3, -0.25) is 4.79 Å². The molecule has 4 nitrogen and oxygen atoms in total. The lowest BCUT2D eigenvalue weighted by Gasteiger charge is -2.11. The molecule has 0 aliphatic rings. The first-order chi connectivity index (χ1) is 7.95. The number of carbonyl (C=O) groups excluding carboxylic acids is 1. The van der Waals surface area contributed by atoms with Gasteiger partial charge in [0.25, 0.3) is 5.91 Å². The molecule has 5 heteroatoms. The Bertz CT molecular complexity index is 484. The zero-order valence-corrected chi connectivity index (χ0v) is 10.4. The van der Waals surface area contributed by atoms with Crippen molar-refractivity contribution in [1.82, 2.24) is 5.32 Å². The molecule has 1 amide bonds. The van der Waals surface area contributed by atoms with E-state index in [0.717, 1.165) is 9.75 Å². The number of aryl methyl sites for hydroxylation is 2. The van der Waals surface area contributed by atoms with E-state index in [1.54, 1.807) is 6.07 Å². The molecule has 1 heterocycles. The Morgan fingerprint density at radius 1 is 1.59 bits per heavy atom. The summed E-state index contributed by atoms with van der Waals surface area (Å²) < 4.78 is 0. The molecule has 2 N–H and O–H groups in total. The highest BCUT2D eigenvalue weighted by Gasteiger charge is 2.21. The number of hydrogen-bond acceptors (Lipinski definition) is 3. The maximum atomic E-state index is 11.8. The highest BCUT2D eigenvalue weighted by Crippen LogP contribution is 2.20. The number of aliphatic carboxylic acids is 1. The van der Waals surface area contributed by atoms with Crippen molar-refractivity contribution >= 4 is 23.2 Å². The fourth-order valence-electron chi connectivity index (χ4n) is 1.41. The Labute approximate surface area is 104 Å². The van der Waals surface area contributed by atoms with Crippen molar-refractivity contribution in [2.45, 2.75) is 26.3 Å². The summed E-state index contributed by atoms with van der Waals surface area (Å²) in [5, 5.41) is 11.3. The van der Waals surface area contributed by atoms with Gasteiger partial charge in [-0.2, -0.15) is 0 Å². The standard InChI is InChI=1S/C12H13NO3S/c1-4-5-10(12(15)16)13-11(14)9-6-7(2)17-8(9)3/h1,6,10H,5H2,2-3H3,(H,13,14)(H,15,16). The summed E-state index contributed by atoms with van der Waals surface area (Å²) in [5.74, 6) is 0.715. The van der Waals surface area contributed by atoms with Gasteiger partial charge in [-0.25, -0.2) is 4.79 Å². The van der Waals surface area contributed by atoms with E-state index in [4.69, 9.17) is 11.5 Å². The number of rotatable bonds is 4. The van der Waals surface area contributed by atoms with Crippen LogP contribution in [0, 0.1) is 26.2 Å². The van der Waals surface area contributed by atoms with Crippen LogP contribution < -0.4 is 5.32 Å². The number of hydrogen-bond donors (Lipinski definition) is 2. The number of terminal acetylenes is 1. The zero-order valence-electron chi connectivity index (χ0n) is 9.61. The van der Waals surface area contributed by atoms with Gasteiger partial charge >= 0.3 is 5.97 Å². The largest absolute Gasteiger partial charge is 0.480 e. The van der Waals surface area contributed by atoms with Crippen molar-refractivity contribution in [2.75, 3.05) is 0 Å². The molecule has 0 fully saturated rings. The molecule has 0 spiro atoms. The SMILES string of the molecule is C#CCC(NC(=O)c1cc(C)sc1C)C(=O)O. The molecule has 0 aliphatic heterocycles. The average molecular weight is 251 g/mol. The number of amides is 1. The van der Waals surface area contributed by atoms with E-state index < -0.39 is 17.9 Å². The highest BCUT2D eigenvalue weighted by atomic mass is 32.1. The van der Waals surface area contributed by atoms with Crippen LogP contribution in [-0.4, -0.2) is 23.0 Å². The Morgan fingerprint density at radius 3 is 2.65 bits per heavy atom. The lowest BCUT2D eigenvalue weighted by atomic mass is 10.2. The molecular weight excluding hydrogens is 238 g/mol. The van der Waals surface area contributed by atoms with Crippen molar-refractivity contribution in [3.63, 3.8) is 0 Å². The van der Waals surface area contributed by atoms with Crippen LogP contribution in [0.15, 0.2) is 6.07 Å². The maximum absolute atomic E-state index is 11.8. The normalized spacial score (nSPS) is 11.6. The second kappa shape index (κ2) is 5.51. The molecule has 1 atom stereocenters. The van der Waals surface area contributed by atoms with Gasteiger partial charge in [-0.05, 0) is 19.9 Å². The van der Waals surface area contributed by atoms with E-state index in [1.165, 1.54) is 11.3 Å². The van der Waals surface area contributed by atoms with E-state index in [9.17, 15) is 9.59 Å². The minimum atomic E-state index is -1.12. The molecule has 90 valence electrons. The Kier molecular flexibility index (Phi) is 4.30. The summed E-state index contributed by atoms with van der Waals surface area (Å²) in [6.45, 7) is 3.72. The van der Waals surface area contributed by atoms with Crippen molar-refractivity contribution in [2.24, 2.45) is 0 Å². The second-order valence-corrected chi connectivity index (χ2v) is 5.06. The lowest BCUT2D eigenvalue weighted by Crippen LogP contribution is -2.40. The van der Waals surface area contributed by atoms with Crippen molar-refractivity contribution < 1.29 is 14.7 Å². The van der Waals surface area contributed by atoms with Crippen molar-refractivity contribution in [3.8, 4) is 12.3 Å². The van der Waals surface area contributed by atoms with Gasteiger partial charge in [-0.15, -0.1) is 23.7 Å². The topological polar surface area (TPSA) is 66.4 Å². The third-order valence-electron chi connectivity index (χ3n) is 2.21. The maximum Gasteiger partial charge on any atom is 0.327 e. The molecule has 1 aromatic rings. The fourth-order valence-corrected chi connectivity index (χ4v) is 2.33. The minimum absolute atomic E-state index is 0.0246. The number of nitrogens with one attached hydrogen (secondary N) is 1. The third kappa shape index (κ3) is 3.33. The summed E-state index contributed by atoms with van der Waals surface area (Å²) in [6, 6.07) is 0.705. The van der Waals surface area contributed by atoms with Crippen LogP contribution in [0.5, 0.6) is 0 Å². The predicted molar refractivity (Wildman–Crippen MR) is 66.1 cm³/mol. The number of thiophene rings is 1. The molecular formula is C12H13NO3S. The van der Waals surface area contributed by atoms with Crippen molar-refractivity contribution in [3.05, 3.63) is 21.4 Å². The molecule has 0 aliphatic carbocycles.